The molecule has 10 nitrogen and oxygen atoms in total. The first-order valence-electron chi connectivity index (χ1n) is 13.5. The number of nitrogens with zero attached hydrogens (tertiary/aromatic N) is 3. The summed E-state index contributed by atoms with van der Waals surface area (Å²) in [6, 6.07) is 3.12. The first kappa shape index (κ1) is 23.7. The Morgan fingerprint density at radius 3 is 2.82 bits per heavy atom. The Bertz CT molecular complexity index is 1560. The molecule has 38 heavy (non-hydrogen) atoms. The summed E-state index contributed by atoms with van der Waals surface area (Å²) in [6.07, 6.45) is 4.86. The summed E-state index contributed by atoms with van der Waals surface area (Å²) in [7, 11) is 0. The number of rotatable bonds is 4. The summed E-state index contributed by atoms with van der Waals surface area (Å²) >= 11 is 0. The number of aromatic nitrogens is 3. The third kappa shape index (κ3) is 2.87. The van der Waals surface area contributed by atoms with Crippen LogP contribution in [0, 0.1) is 5.92 Å². The van der Waals surface area contributed by atoms with E-state index in [9.17, 15) is 24.9 Å². The average Bonchev–Trinajstić information content (AvgIpc) is 3.60. The van der Waals surface area contributed by atoms with Gasteiger partial charge in [-0.05, 0) is 56.7 Å². The van der Waals surface area contributed by atoms with Crippen molar-refractivity contribution in [2.45, 2.75) is 68.9 Å². The Kier molecular flexibility index (Phi) is 4.89. The molecule has 2 aromatic heterocycles. The number of phenols is 2. The van der Waals surface area contributed by atoms with Crippen molar-refractivity contribution in [1.29, 1.82) is 0 Å². The van der Waals surface area contributed by atoms with Crippen LogP contribution in [0.4, 0.5) is 0 Å². The third-order valence-corrected chi connectivity index (χ3v) is 9.76. The topological polar surface area (TPSA) is 140 Å². The fraction of sp³-hybridized carbons (Fsp3) is 0.536. The molecule has 1 aliphatic heterocycles. The zero-order valence-electron chi connectivity index (χ0n) is 21.5. The Morgan fingerprint density at radius 2 is 2.08 bits per heavy atom. The molecule has 0 unspecified atom stereocenters. The van der Waals surface area contributed by atoms with E-state index in [2.05, 4.69) is 15.0 Å². The average molecular weight is 521 g/mol. The van der Waals surface area contributed by atoms with Gasteiger partial charge in [0.05, 0.1) is 18.4 Å². The summed E-state index contributed by atoms with van der Waals surface area (Å²) in [4.78, 5) is 32.1. The predicted molar refractivity (Wildman–Crippen MR) is 137 cm³/mol. The van der Waals surface area contributed by atoms with E-state index in [4.69, 9.17) is 4.74 Å². The molecule has 1 aromatic carbocycles. The smallest absolute Gasteiger partial charge is 0.343 e. The van der Waals surface area contributed by atoms with E-state index in [1.807, 2.05) is 13.0 Å². The minimum absolute atomic E-state index is 0.0763. The first-order chi connectivity index (χ1) is 18.2. The molecule has 0 amide bonds. The molecule has 1 saturated heterocycles. The van der Waals surface area contributed by atoms with E-state index >= 15 is 0 Å². The van der Waals surface area contributed by atoms with Crippen molar-refractivity contribution in [3.05, 3.63) is 56.6 Å². The first-order valence-corrected chi connectivity index (χ1v) is 13.5. The lowest BCUT2D eigenvalue weighted by atomic mass is 9.46. The van der Waals surface area contributed by atoms with Gasteiger partial charge in [-0.3, -0.25) is 9.69 Å². The molecule has 0 radical (unpaired) electrons. The maximum Gasteiger partial charge on any atom is 0.343 e. The van der Waals surface area contributed by atoms with Crippen molar-refractivity contribution in [3.63, 3.8) is 0 Å². The van der Waals surface area contributed by atoms with E-state index in [0.717, 1.165) is 18.7 Å². The summed E-state index contributed by atoms with van der Waals surface area (Å²) in [5, 5.41) is 38.8. The maximum atomic E-state index is 13.8. The second kappa shape index (κ2) is 7.83. The molecule has 3 aliphatic carbocycles. The molecular weight excluding hydrogens is 488 g/mol. The van der Waals surface area contributed by atoms with E-state index < -0.39 is 22.9 Å². The minimum atomic E-state index is -1.36. The van der Waals surface area contributed by atoms with Gasteiger partial charge in [-0.2, -0.15) is 9.61 Å². The summed E-state index contributed by atoms with van der Waals surface area (Å²) < 4.78 is 6.35. The highest BCUT2D eigenvalue weighted by molar-refractivity contribution is 5.95. The monoisotopic (exact) mass is 520 g/mol. The molecule has 200 valence electrons. The number of hydrogen-bond donors (Lipinski definition) is 4. The Morgan fingerprint density at radius 1 is 1.29 bits per heavy atom. The van der Waals surface area contributed by atoms with Crippen molar-refractivity contribution in [1.82, 2.24) is 19.5 Å². The number of nitrogens with one attached hydrogen (secondary N) is 1. The Hall–Kier alpha value is -3.37. The van der Waals surface area contributed by atoms with E-state index in [1.165, 1.54) is 29.6 Å². The van der Waals surface area contributed by atoms with Crippen molar-refractivity contribution < 1.29 is 24.9 Å². The number of piperidine rings is 1. The number of likely N-dealkylation sites (tertiary alicyclic amines) is 1. The summed E-state index contributed by atoms with van der Waals surface area (Å²) in [5.41, 5.74) is 0.253. The Balaban J connectivity index is 1.48. The van der Waals surface area contributed by atoms with Crippen LogP contribution in [0.3, 0.4) is 0 Å². The standard InChI is InChI=1S/C28H32N4O6/c1-3-38-26(36)18-12-29-32-24(18)30-22-14(2)27-8-9-31(13-15-4-5-15)20(28(27,37)11-17(22)25(32)35)10-16-6-7-19(33)23(34)21(16)27/h6-7,12,14-15,20,30,33-34,37H,3-5,8-11,13H2,1-2H3/t14-,20+,27+,28+/m0/s1. The largest absolute Gasteiger partial charge is 0.504 e. The second-order valence-electron chi connectivity index (χ2n) is 11.5. The summed E-state index contributed by atoms with van der Waals surface area (Å²) in [6.45, 7) is 5.51. The van der Waals surface area contributed by atoms with E-state index in [1.54, 1.807) is 6.92 Å². The number of fused-ring (bicyclic) bond motifs is 3. The lowest BCUT2D eigenvalue weighted by Crippen LogP contribution is -2.75. The fourth-order valence-corrected chi connectivity index (χ4v) is 7.85. The predicted octanol–water partition coefficient (Wildman–Crippen LogP) is 1.98. The van der Waals surface area contributed by atoms with Crippen LogP contribution in [0.15, 0.2) is 23.1 Å². The number of esters is 1. The number of hydrogen-bond acceptors (Lipinski definition) is 8. The van der Waals surface area contributed by atoms with Gasteiger partial charge in [0, 0.05) is 47.2 Å². The number of aromatic amines is 1. The van der Waals surface area contributed by atoms with Crippen LogP contribution in [0.5, 0.6) is 11.5 Å². The molecular formula is C28H32N4O6. The molecule has 1 saturated carbocycles. The van der Waals surface area contributed by atoms with Gasteiger partial charge in [-0.25, -0.2) is 4.79 Å². The van der Waals surface area contributed by atoms with Crippen LogP contribution in [0.1, 0.15) is 71.8 Å². The van der Waals surface area contributed by atoms with E-state index in [-0.39, 0.29) is 47.3 Å². The van der Waals surface area contributed by atoms with Gasteiger partial charge in [-0.1, -0.05) is 13.0 Å². The van der Waals surface area contributed by atoms with Gasteiger partial charge < -0.3 is 25.0 Å². The van der Waals surface area contributed by atoms with Crippen LogP contribution < -0.4 is 5.56 Å². The van der Waals surface area contributed by atoms with Crippen molar-refractivity contribution in [2.24, 2.45) is 5.92 Å². The van der Waals surface area contributed by atoms with Gasteiger partial charge in [0.2, 0.25) is 0 Å². The second-order valence-corrected chi connectivity index (χ2v) is 11.5. The van der Waals surface area contributed by atoms with Gasteiger partial charge in [0.25, 0.3) is 5.56 Å². The number of phenolic OH excluding ortho intramolecular Hbond substituents is 2. The molecule has 3 heterocycles. The van der Waals surface area contributed by atoms with Gasteiger partial charge in [0.15, 0.2) is 17.1 Å². The number of carbonyl (C=O) groups is 1. The Labute approximate surface area is 218 Å². The number of carbonyl (C=O) groups excluding carboxylic acids is 1. The van der Waals surface area contributed by atoms with Gasteiger partial charge in [-0.15, -0.1) is 0 Å². The highest BCUT2D eigenvalue weighted by atomic mass is 16.5. The highest BCUT2D eigenvalue weighted by Gasteiger charge is 2.68. The van der Waals surface area contributed by atoms with Crippen molar-refractivity contribution in [3.8, 4) is 11.5 Å². The van der Waals surface area contributed by atoms with Crippen molar-refractivity contribution >= 4 is 11.6 Å². The van der Waals surface area contributed by atoms with Crippen LogP contribution in [0.2, 0.25) is 0 Å². The maximum absolute atomic E-state index is 13.8. The number of H-pyrrole nitrogens is 1. The van der Waals surface area contributed by atoms with Gasteiger partial charge >= 0.3 is 5.97 Å². The zero-order valence-corrected chi connectivity index (χ0v) is 21.5. The van der Waals surface area contributed by atoms with Crippen LogP contribution in [-0.4, -0.2) is 72.1 Å². The number of aromatic hydroxyl groups is 2. The van der Waals surface area contributed by atoms with E-state index in [0.29, 0.717) is 35.6 Å². The molecule has 2 bridgehead atoms. The normalized spacial score (nSPS) is 30.0. The molecule has 7 rings (SSSR count). The molecule has 4 N–H and O–H groups in total. The number of aliphatic hydroxyl groups is 1. The molecule has 2 fully saturated rings. The molecule has 3 aromatic rings. The lowest BCUT2D eigenvalue weighted by molar-refractivity contribution is -0.160. The zero-order chi connectivity index (χ0) is 26.6. The fourth-order valence-electron chi connectivity index (χ4n) is 7.85. The van der Waals surface area contributed by atoms with Crippen LogP contribution >= 0.6 is 0 Å². The minimum Gasteiger partial charge on any atom is -0.504 e. The number of ether oxygens (including phenoxy) is 1. The van der Waals surface area contributed by atoms with Crippen LogP contribution in [0.25, 0.3) is 5.65 Å². The summed E-state index contributed by atoms with van der Waals surface area (Å²) in [5.74, 6) is -0.805. The molecule has 4 aliphatic rings. The van der Waals surface area contributed by atoms with Crippen molar-refractivity contribution in [2.75, 3.05) is 19.7 Å². The lowest BCUT2D eigenvalue weighted by Gasteiger charge is -2.65. The highest BCUT2D eigenvalue weighted by Crippen LogP contribution is 2.64. The van der Waals surface area contributed by atoms with Crippen LogP contribution in [-0.2, 0) is 23.0 Å². The quantitative estimate of drug-likeness (QED) is 0.302. The SMILES string of the molecule is CCOC(=O)c1cnn2c(=O)c3c([nH]c12)[C@H](C)[C@]12CCN(CC4CC4)[C@H](Cc4ccc(O)c(O)c41)[C@]2(O)C3. The third-order valence-electron chi connectivity index (χ3n) is 9.76. The molecule has 0 spiro atoms. The number of benzene rings is 1. The molecule has 4 atom stereocenters. The molecule has 10 heteroatoms. The van der Waals surface area contributed by atoms with Gasteiger partial charge in [0.1, 0.15) is 5.56 Å².